The number of rotatable bonds is 3. The van der Waals surface area contributed by atoms with Crippen molar-refractivity contribution in [3.8, 4) is 11.3 Å². The number of benzene rings is 2. The number of nitrogens with one attached hydrogen (secondary N) is 1. The monoisotopic (exact) mass is 359 g/mol. The second kappa shape index (κ2) is 6.94. The van der Waals surface area contributed by atoms with E-state index in [1.807, 2.05) is 60.7 Å². The predicted molar refractivity (Wildman–Crippen MR) is 104 cm³/mol. The van der Waals surface area contributed by atoms with Gasteiger partial charge in [0.05, 0.1) is 21.8 Å². The van der Waals surface area contributed by atoms with Crippen LogP contribution in [0.1, 0.15) is 10.4 Å². The third-order valence-corrected chi connectivity index (χ3v) is 4.22. The van der Waals surface area contributed by atoms with E-state index in [2.05, 4.69) is 10.3 Å². The number of amides is 1. The van der Waals surface area contributed by atoms with E-state index in [0.717, 1.165) is 22.2 Å². The van der Waals surface area contributed by atoms with Gasteiger partial charge < -0.3 is 5.32 Å². The van der Waals surface area contributed by atoms with E-state index in [0.29, 0.717) is 16.4 Å². The van der Waals surface area contributed by atoms with Crippen LogP contribution in [-0.2, 0) is 0 Å². The van der Waals surface area contributed by atoms with Crippen LogP contribution in [0.3, 0.4) is 0 Å². The number of hydrogen-bond acceptors (Lipinski definition) is 3. The summed E-state index contributed by atoms with van der Waals surface area (Å²) in [4.78, 5) is 21.7. The van der Waals surface area contributed by atoms with Gasteiger partial charge in [-0.1, -0.05) is 60.1 Å². The van der Waals surface area contributed by atoms with Crippen molar-refractivity contribution in [1.82, 2.24) is 9.97 Å². The first-order chi connectivity index (χ1) is 12.7. The molecule has 2 aromatic heterocycles. The van der Waals surface area contributed by atoms with Gasteiger partial charge in [0.2, 0.25) is 0 Å². The molecule has 2 heterocycles. The van der Waals surface area contributed by atoms with E-state index in [1.54, 1.807) is 12.1 Å². The first-order valence-electron chi connectivity index (χ1n) is 8.09. The Labute approximate surface area is 155 Å². The molecule has 0 spiro atoms. The van der Waals surface area contributed by atoms with Crippen LogP contribution in [0.4, 0.5) is 5.82 Å². The molecule has 0 atom stereocenters. The van der Waals surface area contributed by atoms with Crippen LogP contribution in [0.25, 0.3) is 22.2 Å². The summed E-state index contributed by atoms with van der Waals surface area (Å²) in [6, 6.07) is 22.5. The molecular formula is C21H14ClN3O. The average molecular weight is 360 g/mol. The molecule has 0 bridgehead atoms. The summed E-state index contributed by atoms with van der Waals surface area (Å²) in [5.74, 6) is 0.206. The molecule has 26 heavy (non-hydrogen) atoms. The molecule has 0 radical (unpaired) electrons. The van der Waals surface area contributed by atoms with Crippen molar-refractivity contribution in [2.75, 3.05) is 5.32 Å². The van der Waals surface area contributed by atoms with E-state index in [1.165, 1.54) is 6.20 Å². The van der Waals surface area contributed by atoms with Crippen molar-refractivity contribution < 1.29 is 4.79 Å². The minimum absolute atomic E-state index is 0.240. The van der Waals surface area contributed by atoms with Gasteiger partial charge >= 0.3 is 0 Å². The molecule has 4 nitrogen and oxygen atoms in total. The maximum absolute atomic E-state index is 12.9. The molecular weight excluding hydrogens is 346 g/mol. The van der Waals surface area contributed by atoms with Crippen LogP contribution in [0.2, 0.25) is 5.02 Å². The molecule has 0 aliphatic heterocycles. The van der Waals surface area contributed by atoms with Gasteiger partial charge in [0.1, 0.15) is 5.82 Å². The van der Waals surface area contributed by atoms with Crippen LogP contribution < -0.4 is 5.32 Å². The molecule has 0 unspecified atom stereocenters. The zero-order valence-electron chi connectivity index (χ0n) is 13.7. The predicted octanol–water partition coefficient (Wildman–Crippen LogP) is 5.20. The summed E-state index contributed by atoms with van der Waals surface area (Å²) in [5.41, 5.74) is 3.02. The van der Waals surface area contributed by atoms with Gasteiger partial charge in [-0.05, 0) is 24.3 Å². The summed E-state index contributed by atoms with van der Waals surface area (Å²) in [7, 11) is 0. The summed E-state index contributed by atoms with van der Waals surface area (Å²) in [6.45, 7) is 0. The lowest BCUT2D eigenvalue weighted by Crippen LogP contribution is -2.14. The summed E-state index contributed by atoms with van der Waals surface area (Å²) < 4.78 is 0. The molecule has 1 amide bonds. The van der Waals surface area contributed by atoms with Crippen LogP contribution in [-0.4, -0.2) is 15.9 Å². The summed E-state index contributed by atoms with van der Waals surface area (Å²) >= 11 is 5.85. The molecule has 5 heteroatoms. The quantitative estimate of drug-likeness (QED) is 0.546. The van der Waals surface area contributed by atoms with Crippen molar-refractivity contribution in [3.63, 3.8) is 0 Å². The first kappa shape index (κ1) is 16.2. The van der Waals surface area contributed by atoms with Crippen molar-refractivity contribution >= 4 is 34.2 Å². The normalized spacial score (nSPS) is 10.7. The molecule has 1 N–H and O–H groups in total. The molecule has 0 aliphatic carbocycles. The molecule has 2 aromatic carbocycles. The molecule has 0 aliphatic rings. The lowest BCUT2D eigenvalue weighted by atomic mass is 10.0. The topological polar surface area (TPSA) is 54.9 Å². The lowest BCUT2D eigenvalue weighted by Gasteiger charge is -2.10. The van der Waals surface area contributed by atoms with Gasteiger partial charge in [-0.2, -0.15) is 0 Å². The Morgan fingerprint density at radius 2 is 1.69 bits per heavy atom. The fourth-order valence-electron chi connectivity index (χ4n) is 2.75. The molecule has 0 saturated heterocycles. The van der Waals surface area contributed by atoms with E-state index >= 15 is 0 Å². The Bertz CT molecular complexity index is 1080. The van der Waals surface area contributed by atoms with Gasteiger partial charge in [-0.15, -0.1) is 0 Å². The largest absolute Gasteiger partial charge is 0.307 e. The van der Waals surface area contributed by atoms with Crippen molar-refractivity contribution in [2.24, 2.45) is 0 Å². The molecule has 0 saturated carbocycles. The average Bonchev–Trinajstić information content (AvgIpc) is 2.69. The number of para-hydroxylation sites is 1. The summed E-state index contributed by atoms with van der Waals surface area (Å²) in [6.07, 6.45) is 1.50. The number of fused-ring (bicyclic) bond motifs is 1. The molecule has 4 rings (SSSR count). The van der Waals surface area contributed by atoms with Crippen LogP contribution in [0.15, 0.2) is 79.0 Å². The molecule has 0 fully saturated rings. The lowest BCUT2D eigenvalue weighted by molar-refractivity contribution is 0.102. The van der Waals surface area contributed by atoms with E-state index in [-0.39, 0.29) is 5.91 Å². The second-order valence-corrected chi connectivity index (χ2v) is 6.19. The number of pyridine rings is 2. The first-order valence-corrected chi connectivity index (χ1v) is 8.46. The Kier molecular flexibility index (Phi) is 4.33. The maximum Gasteiger partial charge on any atom is 0.257 e. The fraction of sp³-hybridized carbons (Fsp3) is 0. The number of nitrogens with zero attached hydrogens (tertiary/aromatic N) is 2. The van der Waals surface area contributed by atoms with Gasteiger partial charge in [0.25, 0.3) is 5.91 Å². The van der Waals surface area contributed by atoms with E-state index in [4.69, 9.17) is 16.6 Å². The number of anilines is 1. The standard InChI is InChI=1S/C21H14ClN3O/c22-15-10-11-20(23-13-15)25-21(26)17-12-19(14-6-2-1-3-7-14)24-18-9-5-4-8-16(17)18/h1-13H,(H,23,25,26). The van der Waals surface area contributed by atoms with Crippen LogP contribution >= 0.6 is 11.6 Å². The highest BCUT2D eigenvalue weighted by Crippen LogP contribution is 2.25. The third-order valence-electron chi connectivity index (χ3n) is 4.00. The number of carbonyl (C=O) groups excluding carboxylic acids is 1. The maximum atomic E-state index is 12.9. The van der Waals surface area contributed by atoms with E-state index < -0.39 is 0 Å². The molecule has 126 valence electrons. The minimum Gasteiger partial charge on any atom is -0.307 e. The number of carbonyl (C=O) groups is 1. The summed E-state index contributed by atoms with van der Waals surface area (Å²) in [5, 5.41) is 4.13. The van der Waals surface area contributed by atoms with Gasteiger partial charge in [-0.3, -0.25) is 4.79 Å². The van der Waals surface area contributed by atoms with Gasteiger partial charge in [0, 0.05) is 17.1 Å². The van der Waals surface area contributed by atoms with Gasteiger partial charge in [0.15, 0.2) is 0 Å². The van der Waals surface area contributed by atoms with Gasteiger partial charge in [-0.25, -0.2) is 9.97 Å². The molecule has 4 aromatic rings. The smallest absolute Gasteiger partial charge is 0.257 e. The Morgan fingerprint density at radius 3 is 2.46 bits per heavy atom. The fourth-order valence-corrected chi connectivity index (χ4v) is 2.87. The van der Waals surface area contributed by atoms with E-state index in [9.17, 15) is 4.79 Å². The van der Waals surface area contributed by atoms with Crippen LogP contribution in [0, 0.1) is 0 Å². The Morgan fingerprint density at radius 1 is 0.923 bits per heavy atom. The highest BCUT2D eigenvalue weighted by Gasteiger charge is 2.14. The van der Waals surface area contributed by atoms with Crippen molar-refractivity contribution in [1.29, 1.82) is 0 Å². The Hall–Kier alpha value is -3.24. The highest BCUT2D eigenvalue weighted by molar-refractivity contribution is 6.30. The minimum atomic E-state index is -0.240. The zero-order chi connectivity index (χ0) is 17.9. The number of halogens is 1. The third kappa shape index (κ3) is 3.27. The number of hydrogen-bond donors (Lipinski definition) is 1. The van der Waals surface area contributed by atoms with Crippen molar-refractivity contribution in [2.45, 2.75) is 0 Å². The Balaban J connectivity index is 1.79. The van der Waals surface area contributed by atoms with Crippen LogP contribution in [0.5, 0.6) is 0 Å². The number of aromatic nitrogens is 2. The highest BCUT2D eigenvalue weighted by atomic mass is 35.5. The zero-order valence-corrected chi connectivity index (χ0v) is 14.4. The SMILES string of the molecule is O=C(Nc1ccc(Cl)cn1)c1cc(-c2ccccc2)nc2ccccc12. The van der Waals surface area contributed by atoms with Crippen molar-refractivity contribution in [3.05, 3.63) is 89.6 Å². The second-order valence-electron chi connectivity index (χ2n) is 5.75.